The number of nitriles is 1. The van der Waals surface area contributed by atoms with Gasteiger partial charge in [0.2, 0.25) is 5.91 Å². The molecule has 1 aliphatic rings. The van der Waals surface area contributed by atoms with Crippen molar-refractivity contribution >= 4 is 23.1 Å². The molecular formula is C25H25FN6O3. The van der Waals surface area contributed by atoms with Crippen LogP contribution in [-0.2, 0) is 4.79 Å². The van der Waals surface area contributed by atoms with Crippen LogP contribution in [0, 0.1) is 41.1 Å². The number of aromatic nitrogens is 1. The Hall–Kier alpha value is -4.23. The number of anilines is 2. The van der Waals surface area contributed by atoms with Crippen molar-refractivity contribution in [2.45, 2.75) is 13.8 Å². The van der Waals surface area contributed by atoms with Crippen LogP contribution >= 0.6 is 0 Å². The van der Waals surface area contributed by atoms with Crippen LogP contribution in [-0.4, -0.2) is 53.0 Å². The first-order chi connectivity index (χ1) is 16.8. The van der Waals surface area contributed by atoms with Gasteiger partial charge in [-0.2, -0.15) is 5.26 Å². The maximum atomic E-state index is 13.9. The Labute approximate surface area is 202 Å². The van der Waals surface area contributed by atoms with E-state index in [9.17, 15) is 24.6 Å². The Morgan fingerprint density at radius 3 is 2.40 bits per heavy atom. The molecule has 0 aliphatic carbocycles. The zero-order chi connectivity index (χ0) is 25.1. The van der Waals surface area contributed by atoms with E-state index in [1.807, 2.05) is 11.8 Å². The summed E-state index contributed by atoms with van der Waals surface area (Å²) in [6.45, 7) is 6.39. The first-order valence-electron chi connectivity index (χ1n) is 11.2. The normalized spacial score (nSPS) is 13.9. The number of nitro groups is 1. The second-order valence-corrected chi connectivity index (χ2v) is 8.45. The third-order valence-corrected chi connectivity index (χ3v) is 6.31. The van der Waals surface area contributed by atoms with Gasteiger partial charge < -0.3 is 10.2 Å². The molecule has 0 unspecified atom stereocenters. The molecule has 1 amide bonds. The summed E-state index contributed by atoms with van der Waals surface area (Å²) in [4.78, 5) is 27.5. The lowest BCUT2D eigenvalue weighted by Crippen LogP contribution is -2.48. The Morgan fingerprint density at radius 2 is 1.80 bits per heavy atom. The van der Waals surface area contributed by atoms with Gasteiger partial charge >= 0.3 is 0 Å². The Morgan fingerprint density at radius 1 is 1.11 bits per heavy atom. The van der Waals surface area contributed by atoms with Crippen molar-refractivity contribution in [1.82, 2.24) is 9.47 Å². The third kappa shape index (κ3) is 5.00. The van der Waals surface area contributed by atoms with E-state index in [0.29, 0.717) is 43.2 Å². The summed E-state index contributed by atoms with van der Waals surface area (Å²) in [6.07, 6.45) is 0. The van der Waals surface area contributed by atoms with Crippen molar-refractivity contribution < 1.29 is 14.1 Å². The van der Waals surface area contributed by atoms with Crippen molar-refractivity contribution in [3.05, 3.63) is 81.3 Å². The fraction of sp³-hybridized carbons (Fsp3) is 0.280. The number of halogens is 1. The van der Waals surface area contributed by atoms with Gasteiger partial charge in [-0.15, -0.1) is 0 Å². The summed E-state index contributed by atoms with van der Waals surface area (Å²) in [5.41, 5.74) is 3.30. The molecule has 0 atom stereocenters. The average molecular weight is 477 g/mol. The Balaban J connectivity index is 1.44. The van der Waals surface area contributed by atoms with Gasteiger partial charge in [-0.25, -0.2) is 4.39 Å². The molecule has 4 rings (SSSR count). The minimum Gasteiger partial charge on any atom is -0.369 e. The molecule has 3 aromatic rings. The highest BCUT2D eigenvalue weighted by Crippen LogP contribution is 2.30. The van der Waals surface area contributed by atoms with E-state index in [1.165, 1.54) is 24.3 Å². The monoisotopic (exact) mass is 476 g/mol. The Kier molecular flexibility index (Phi) is 6.80. The summed E-state index contributed by atoms with van der Waals surface area (Å²) in [5.74, 6) is -0.335. The molecule has 0 radical (unpaired) electrons. The number of nitro benzene ring substituents is 1. The third-order valence-electron chi connectivity index (χ3n) is 6.31. The van der Waals surface area contributed by atoms with Crippen molar-refractivity contribution in [3.8, 4) is 11.8 Å². The lowest BCUT2D eigenvalue weighted by Gasteiger charge is -2.35. The van der Waals surface area contributed by atoms with Crippen molar-refractivity contribution in [3.63, 3.8) is 0 Å². The van der Waals surface area contributed by atoms with Crippen molar-refractivity contribution in [1.29, 1.82) is 5.26 Å². The van der Waals surface area contributed by atoms with Crippen molar-refractivity contribution in [2.24, 2.45) is 0 Å². The number of piperazine rings is 1. The first-order valence-corrected chi connectivity index (χ1v) is 11.2. The largest absolute Gasteiger partial charge is 0.369 e. The standard InChI is InChI=1S/C25H25FN6O3/c1-17-18(2)31(22-5-3-4-19(26)14-22)25(23(17)15-27)28-24(33)16-29-10-12-30(13-11-29)20-6-8-21(9-7-20)32(34)35/h3-9,14H,10-13,16H2,1-2H3,(H,28,33). The highest BCUT2D eigenvalue weighted by molar-refractivity contribution is 5.93. The van der Waals surface area contributed by atoms with Crippen LogP contribution in [0.2, 0.25) is 0 Å². The second-order valence-electron chi connectivity index (χ2n) is 8.45. The number of hydrogen-bond donors (Lipinski definition) is 1. The second kappa shape index (κ2) is 9.95. The zero-order valence-electron chi connectivity index (χ0n) is 19.5. The lowest BCUT2D eigenvalue weighted by molar-refractivity contribution is -0.384. The molecule has 35 heavy (non-hydrogen) atoms. The van der Waals surface area contributed by atoms with E-state index in [0.717, 1.165) is 16.9 Å². The number of benzene rings is 2. The molecule has 1 aliphatic heterocycles. The van der Waals surface area contributed by atoms with E-state index in [1.54, 1.807) is 35.8 Å². The molecule has 1 fully saturated rings. The van der Waals surface area contributed by atoms with Crippen molar-refractivity contribution in [2.75, 3.05) is 42.9 Å². The SMILES string of the molecule is Cc1c(C#N)c(NC(=O)CN2CCN(c3ccc([N+](=O)[O-])cc3)CC2)n(-c2cccc(F)c2)c1C. The number of carbonyl (C=O) groups excluding carboxylic acids is 1. The van der Waals surface area contributed by atoms with Gasteiger partial charge in [0.15, 0.2) is 0 Å². The summed E-state index contributed by atoms with van der Waals surface area (Å²) < 4.78 is 15.6. The molecule has 180 valence electrons. The maximum absolute atomic E-state index is 13.9. The number of amides is 1. The maximum Gasteiger partial charge on any atom is 0.269 e. The zero-order valence-corrected chi connectivity index (χ0v) is 19.5. The van der Waals surface area contributed by atoms with Gasteiger partial charge in [-0.05, 0) is 49.7 Å². The fourth-order valence-corrected chi connectivity index (χ4v) is 4.32. The van der Waals surface area contributed by atoms with Crippen LogP contribution in [0.3, 0.4) is 0 Å². The van der Waals surface area contributed by atoms with Gasteiger partial charge in [-0.1, -0.05) is 6.07 Å². The molecule has 1 saturated heterocycles. The summed E-state index contributed by atoms with van der Waals surface area (Å²) in [5, 5.41) is 23.4. The first kappa shape index (κ1) is 23.9. The number of hydrogen-bond acceptors (Lipinski definition) is 6. The fourth-order valence-electron chi connectivity index (χ4n) is 4.32. The minimum atomic E-state index is -0.425. The lowest BCUT2D eigenvalue weighted by atomic mass is 10.2. The Bertz CT molecular complexity index is 1300. The van der Waals surface area contributed by atoms with E-state index >= 15 is 0 Å². The van der Waals surface area contributed by atoms with Gasteiger partial charge in [-0.3, -0.25) is 24.4 Å². The average Bonchev–Trinajstić information content (AvgIpc) is 3.08. The van der Waals surface area contributed by atoms with E-state index < -0.39 is 10.7 Å². The molecule has 1 N–H and O–H groups in total. The molecular weight excluding hydrogens is 451 g/mol. The number of carbonyl (C=O) groups is 1. The van der Waals surface area contributed by atoms with Crippen LogP contribution < -0.4 is 10.2 Å². The topological polar surface area (TPSA) is 107 Å². The summed E-state index contributed by atoms with van der Waals surface area (Å²) >= 11 is 0. The molecule has 0 bridgehead atoms. The molecule has 0 saturated carbocycles. The molecule has 2 heterocycles. The highest BCUT2D eigenvalue weighted by Gasteiger charge is 2.24. The molecule has 0 spiro atoms. The van der Waals surface area contributed by atoms with E-state index in [-0.39, 0.29) is 18.1 Å². The number of rotatable bonds is 6. The molecule has 9 nitrogen and oxygen atoms in total. The van der Waals surface area contributed by atoms with Gasteiger partial charge in [0.1, 0.15) is 17.7 Å². The minimum absolute atomic E-state index is 0.0502. The van der Waals surface area contributed by atoms with Gasteiger partial charge in [0.05, 0.1) is 22.7 Å². The number of non-ortho nitro benzene ring substituents is 1. The van der Waals surface area contributed by atoms with Gasteiger partial charge in [0.25, 0.3) is 5.69 Å². The van der Waals surface area contributed by atoms with Gasteiger partial charge in [0, 0.05) is 49.7 Å². The van der Waals surface area contributed by atoms with E-state index in [2.05, 4.69) is 16.3 Å². The van der Waals surface area contributed by atoms with Crippen LogP contribution in [0.25, 0.3) is 5.69 Å². The quantitative estimate of drug-likeness (QED) is 0.429. The van der Waals surface area contributed by atoms with Crippen LogP contribution in [0.5, 0.6) is 0 Å². The number of nitrogens with zero attached hydrogens (tertiary/aromatic N) is 5. The van der Waals surface area contributed by atoms with Crippen LogP contribution in [0.1, 0.15) is 16.8 Å². The molecule has 1 aromatic heterocycles. The highest BCUT2D eigenvalue weighted by atomic mass is 19.1. The van der Waals surface area contributed by atoms with Crippen LogP contribution in [0.15, 0.2) is 48.5 Å². The predicted octanol–water partition coefficient (Wildman–Crippen LogP) is 3.77. The predicted molar refractivity (Wildman–Crippen MR) is 130 cm³/mol. The van der Waals surface area contributed by atoms with Crippen LogP contribution in [0.4, 0.5) is 21.6 Å². The van der Waals surface area contributed by atoms with E-state index in [4.69, 9.17) is 0 Å². The molecule has 10 heteroatoms. The summed E-state index contributed by atoms with van der Waals surface area (Å²) in [7, 11) is 0. The molecule has 2 aromatic carbocycles. The smallest absolute Gasteiger partial charge is 0.269 e. The number of nitrogens with one attached hydrogen (secondary N) is 1. The summed E-state index contributed by atoms with van der Waals surface area (Å²) in [6, 6.07) is 14.6.